The van der Waals surface area contributed by atoms with Crippen LogP contribution >= 0.6 is 0 Å². The van der Waals surface area contributed by atoms with Crippen molar-refractivity contribution in [1.29, 1.82) is 0 Å². The number of nitrogens with two attached hydrogens (primary N) is 1. The van der Waals surface area contributed by atoms with Crippen LogP contribution in [-0.2, 0) is 0 Å². The maximum absolute atomic E-state index is 6.08. The first kappa shape index (κ1) is 19.2. The Balaban J connectivity index is 1.45. The van der Waals surface area contributed by atoms with E-state index in [0.717, 1.165) is 39.1 Å². The first-order chi connectivity index (χ1) is 12.7. The van der Waals surface area contributed by atoms with E-state index in [2.05, 4.69) is 57.5 Å². The molecule has 1 heterocycles. The van der Waals surface area contributed by atoms with Crippen LogP contribution < -0.4 is 11.1 Å². The average Bonchev–Trinajstić information content (AvgIpc) is 2.67. The number of piperazine rings is 1. The summed E-state index contributed by atoms with van der Waals surface area (Å²) in [4.78, 5) is 9.60. The summed E-state index contributed by atoms with van der Waals surface area (Å²) in [5.41, 5.74) is 7.50. The number of likely N-dealkylation sites (N-methyl/N-ethyl adjacent to an activating group) is 1. The molecule has 0 spiro atoms. The van der Waals surface area contributed by atoms with Gasteiger partial charge in [-0.3, -0.25) is 9.89 Å². The highest BCUT2D eigenvalue weighted by Gasteiger charge is 2.25. The largest absolute Gasteiger partial charge is 0.370 e. The highest BCUT2D eigenvalue weighted by molar-refractivity contribution is 5.78. The Morgan fingerprint density at radius 3 is 2.69 bits per heavy atom. The molecule has 0 bridgehead atoms. The fourth-order valence-corrected chi connectivity index (χ4v) is 4.19. The molecule has 144 valence electrons. The van der Waals surface area contributed by atoms with Gasteiger partial charge in [0.15, 0.2) is 5.96 Å². The van der Waals surface area contributed by atoms with Gasteiger partial charge in [0.25, 0.3) is 0 Å². The molecule has 0 amide bonds. The molecule has 2 aliphatic rings. The first-order valence-corrected chi connectivity index (χ1v) is 10.3. The molecule has 1 atom stereocenters. The number of hydrogen-bond donors (Lipinski definition) is 2. The SMILES string of the molecule is CN1CCN(CCCN=C(N)NC2CCCCC2)C(c2ccccc2)C1. The van der Waals surface area contributed by atoms with E-state index in [1.165, 1.54) is 37.7 Å². The van der Waals surface area contributed by atoms with Crippen molar-refractivity contribution in [3.8, 4) is 0 Å². The van der Waals surface area contributed by atoms with Gasteiger partial charge in [-0.15, -0.1) is 0 Å². The summed E-state index contributed by atoms with van der Waals surface area (Å²) in [5.74, 6) is 0.634. The monoisotopic (exact) mass is 357 g/mol. The molecule has 5 nitrogen and oxygen atoms in total. The van der Waals surface area contributed by atoms with E-state index in [1.807, 2.05) is 0 Å². The van der Waals surface area contributed by atoms with Gasteiger partial charge in [-0.2, -0.15) is 0 Å². The lowest BCUT2D eigenvalue weighted by Crippen LogP contribution is -2.47. The van der Waals surface area contributed by atoms with Crippen molar-refractivity contribution in [1.82, 2.24) is 15.1 Å². The summed E-state index contributed by atoms with van der Waals surface area (Å²) < 4.78 is 0. The molecule has 3 rings (SSSR count). The molecule has 5 heteroatoms. The Labute approximate surface area is 158 Å². The van der Waals surface area contributed by atoms with E-state index >= 15 is 0 Å². The summed E-state index contributed by atoms with van der Waals surface area (Å²) in [5, 5.41) is 3.41. The molecule has 2 fully saturated rings. The minimum absolute atomic E-state index is 0.483. The van der Waals surface area contributed by atoms with Crippen LogP contribution in [0.2, 0.25) is 0 Å². The molecule has 1 unspecified atom stereocenters. The van der Waals surface area contributed by atoms with Gasteiger partial charge >= 0.3 is 0 Å². The van der Waals surface area contributed by atoms with Crippen molar-refractivity contribution in [2.24, 2.45) is 10.7 Å². The van der Waals surface area contributed by atoms with Crippen molar-refractivity contribution in [3.63, 3.8) is 0 Å². The van der Waals surface area contributed by atoms with Crippen LogP contribution in [0.15, 0.2) is 35.3 Å². The molecule has 1 aliphatic heterocycles. The highest BCUT2D eigenvalue weighted by Crippen LogP contribution is 2.24. The van der Waals surface area contributed by atoms with Crippen molar-refractivity contribution in [3.05, 3.63) is 35.9 Å². The second-order valence-corrected chi connectivity index (χ2v) is 7.82. The lowest BCUT2D eigenvalue weighted by atomic mass is 9.96. The lowest BCUT2D eigenvalue weighted by Gasteiger charge is -2.40. The normalized spacial score (nSPS) is 23.9. The predicted molar refractivity (Wildman–Crippen MR) is 109 cm³/mol. The lowest BCUT2D eigenvalue weighted by molar-refractivity contribution is 0.0894. The minimum Gasteiger partial charge on any atom is -0.370 e. The topological polar surface area (TPSA) is 56.9 Å². The quantitative estimate of drug-likeness (QED) is 0.467. The zero-order valence-electron chi connectivity index (χ0n) is 16.2. The molecule has 3 N–H and O–H groups in total. The highest BCUT2D eigenvalue weighted by atomic mass is 15.3. The fraction of sp³-hybridized carbons (Fsp3) is 0.667. The van der Waals surface area contributed by atoms with Gasteiger partial charge in [0, 0.05) is 44.8 Å². The Kier molecular flexibility index (Phi) is 7.32. The summed E-state index contributed by atoms with van der Waals surface area (Å²) in [7, 11) is 2.22. The van der Waals surface area contributed by atoms with E-state index in [1.54, 1.807) is 0 Å². The Morgan fingerprint density at radius 1 is 1.15 bits per heavy atom. The maximum Gasteiger partial charge on any atom is 0.188 e. The van der Waals surface area contributed by atoms with Crippen LogP contribution in [0.4, 0.5) is 0 Å². The Bertz CT molecular complexity index is 553. The minimum atomic E-state index is 0.483. The van der Waals surface area contributed by atoms with Crippen LogP contribution in [-0.4, -0.2) is 61.6 Å². The van der Waals surface area contributed by atoms with Crippen LogP contribution in [0.25, 0.3) is 0 Å². The molecule has 0 aromatic heterocycles. The van der Waals surface area contributed by atoms with E-state index in [-0.39, 0.29) is 0 Å². The molecule has 1 aliphatic carbocycles. The number of rotatable bonds is 6. The fourth-order valence-electron chi connectivity index (χ4n) is 4.19. The third-order valence-corrected chi connectivity index (χ3v) is 5.72. The molecular formula is C21H35N5. The zero-order valence-corrected chi connectivity index (χ0v) is 16.2. The third-order valence-electron chi connectivity index (χ3n) is 5.72. The van der Waals surface area contributed by atoms with Crippen LogP contribution in [0.3, 0.4) is 0 Å². The molecule has 1 saturated carbocycles. The number of aliphatic imine (C=N–C) groups is 1. The number of guanidine groups is 1. The standard InChI is InChI=1S/C21H35N5/c1-25-15-16-26(20(17-25)18-9-4-2-5-10-18)14-8-13-23-21(22)24-19-11-6-3-7-12-19/h2,4-5,9-10,19-20H,3,6-8,11-17H2,1H3,(H3,22,23,24). The van der Waals surface area contributed by atoms with Crippen LogP contribution in [0.5, 0.6) is 0 Å². The first-order valence-electron chi connectivity index (χ1n) is 10.3. The zero-order chi connectivity index (χ0) is 18.2. The number of hydrogen-bond acceptors (Lipinski definition) is 3. The van der Waals surface area contributed by atoms with Gasteiger partial charge in [-0.1, -0.05) is 49.6 Å². The van der Waals surface area contributed by atoms with Gasteiger partial charge in [0.05, 0.1) is 0 Å². The second kappa shape index (κ2) is 9.93. The average molecular weight is 358 g/mol. The molecular weight excluding hydrogens is 322 g/mol. The van der Waals surface area contributed by atoms with Crippen molar-refractivity contribution >= 4 is 5.96 Å². The van der Waals surface area contributed by atoms with Gasteiger partial charge in [0.1, 0.15) is 0 Å². The van der Waals surface area contributed by atoms with Gasteiger partial charge < -0.3 is 16.0 Å². The van der Waals surface area contributed by atoms with Crippen molar-refractivity contribution in [2.45, 2.75) is 50.6 Å². The second-order valence-electron chi connectivity index (χ2n) is 7.82. The summed E-state index contributed by atoms with van der Waals surface area (Å²) >= 11 is 0. The van der Waals surface area contributed by atoms with Crippen LogP contribution in [0.1, 0.15) is 50.1 Å². The molecule has 1 saturated heterocycles. The maximum atomic E-state index is 6.08. The molecule has 1 aromatic carbocycles. The Hall–Kier alpha value is -1.59. The van der Waals surface area contributed by atoms with E-state index in [9.17, 15) is 0 Å². The number of nitrogens with zero attached hydrogens (tertiary/aromatic N) is 3. The number of benzene rings is 1. The predicted octanol–water partition coefficient (Wildman–Crippen LogP) is 2.60. The van der Waals surface area contributed by atoms with Crippen molar-refractivity contribution < 1.29 is 0 Å². The molecule has 26 heavy (non-hydrogen) atoms. The Morgan fingerprint density at radius 2 is 1.92 bits per heavy atom. The summed E-state index contributed by atoms with van der Waals surface area (Å²) in [6, 6.07) is 11.9. The number of nitrogens with one attached hydrogen (secondary N) is 1. The third kappa shape index (κ3) is 5.71. The van der Waals surface area contributed by atoms with Gasteiger partial charge in [-0.25, -0.2) is 0 Å². The summed E-state index contributed by atoms with van der Waals surface area (Å²) in [6.07, 6.45) is 7.51. The summed E-state index contributed by atoms with van der Waals surface area (Å²) in [6.45, 7) is 5.24. The van der Waals surface area contributed by atoms with E-state index in [0.29, 0.717) is 18.0 Å². The van der Waals surface area contributed by atoms with Crippen LogP contribution in [0, 0.1) is 0 Å². The van der Waals surface area contributed by atoms with Gasteiger partial charge in [0.2, 0.25) is 0 Å². The van der Waals surface area contributed by atoms with Crippen molar-refractivity contribution in [2.75, 3.05) is 39.8 Å². The molecule has 1 aromatic rings. The smallest absolute Gasteiger partial charge is 0.188 e. The van der Waals surface area contributed by atoms with E-state index < -0.39 is 0 Å². The van der Waals surface area contributed by atoms with E-state index in [4.69, 9.17) is 5.73 Å². The van der Waals surface area contributed by atoms with Gasteiger partial charge in [-0.05, 0) is 31.9 Å². The molecule has 0 radical (unpaired) electrons.